The molecule has 1 aliphatic carbocycles. The van der Waals surface area contributed by atoms with Crippen molar-refractivity contribution >= 4 is 0 Å². The first-order valence-electron chi connectivity index (χ1n) is 4.65. The lowest BCUT2D eigenvalue weighted by atomic mass is 9.84. The van der Waals surface area contributed by atoms with Crippen molar-refractivity contribution in [3.05, 3.63) is 11.6 Å². The van der Waals surface area contributed by atoms with Crippen molar-refractivity contribution in [3.63, 3.8) is 0 Å². The number of aliphatic hydroxyl groups is 1. The van der Waals surface area contributed by atoms with Gasteiger partial charge in [0, 0.05) is 0 Å². The molecule has 0 amide bonds. The smallest absolute Gasteiger partial charge is 0.0615 e. The van der Waals surface area contributed by atoms with E-state index in [4.69, 9.17) is 5.11 Å². The molecule has 64 valence electrons. The van der Waals surface area contributed by atoms with Crippen molar-refractivity contribution in [3.8, 4) is 0 Å². The van der Waals surface area contributed by atoms with Crippen LogP contribution in [-0.2, 0) is 0 Å². The van der Waals surface area contributed by atoms with Crippen LogP contribution in [0.3, 0.4) is 0 Å². The van der Waals surface area contributed by atoms with Gasteiger partial charge in [0.1, 0.15) is 0 Å². The highest BCUT2D eigenvalue weighted by atomic mass is 16.2. The van der Waals surface area contributed by atoms with Crippen molar-refractivity contribution in [2.45, 2.75) is 39.0 Å². The van der Waals surface area contributed by atoms with E-state index in [1.54, 1.807) is 0 Å². The number of rotatable bonds is 2. The largest absolute Gasteiger partial charge is 0.392 e. The van der Waals surface area contributed by atoms with Crippen LogP contribution < -0.4 is 0 Å². The summed E-state index contributed by atoms with van der Waals surface area (Å²) in [5.74, 6) is 0.950. The molecule has 0 spiro atoms. The molecule has 1 aliphatic rings. The van der Waals surface area contributed by atoms with Gasteiger partial charge in [-0.25, -0.2) is 0 Å². The topological polar surface area (TPSA) is 20.2 Å². The first-order chi connectivity index (χ1) is 5.36. The highest BCUT2D eigenvalue weighted by Crippen LogP contribution is 2.29. The van der Waals surface area contributed by atoms with Crippen LogP contribution in [0.2, 0.25) is 0 Å². The Morgan fingerprint density at radius 3 is 2.55 bits per heavy atom. The van der Waals surface area contributed by atoms with Gasteiger partial charge in [0.15, 0.2) is 0 Å². The number of allylic oxidation sites excluding steroid dienone is 1. The van der Waals surface area contributed by atoms with E-state index in [-0.39, 0.29) is 6.61 Å². The van der Waals surface area contributed by atoms with E-state index in [9.17, 15) is 0 Å². The maximum atomic E-state index is 8.67. The van der Waals surface area contributed by atoms with Gasteiger partial charge in [-0.05, 0) is 31.6 Å². The monoisotopic (exact) mass is 154 g/mol. The van der Waals surface area contributed by atoms with Crippen LogP contribution in [0.25, 0.3) is 0 Å². The molecule has 1 nitrogen and oxygen atoms in total. The molecule has 0 aliphatic heterocycles. The summed E-state index contributed by atoms with van der Waals surface area (Å²) < 4.78 is 0. The molecular formula is C10H18O. The van der Waals surface area contributed by atoms with Crippen LogP contribution in [-0.4, -0.2) is 11.7 Å². The standard InChI is InChI=1S/C10H18O/c1-2-9-3-5-10(6-4-9)7-8-11/h7,9,11H,2-6,8H2,1H3. The van der Waals surface area contributed by atoms with Crippen LogP contribution in [0, 0.1) is 5.92 Å². The summed E-state index contributed by atoms with van der Waals surface area (Å²) >= 11 is 0. The fraction of sp³-hybridized carbons (Fsp3) is 0.800. The van der Waals surface area contributed by atoms with Gasteiger partial charge in [-0.1, -0.05) is 25.0 Å². The van der Waals surface area contributed by atoms with E-state index in [1.807, 2.05) is 6.08 Å². The van der Waals surface area contributed by atoms with E-state index in [1.165, 1.54) is 37.7 Å². The summed E-state index contributed by atoms with van der Waals surface area (Å²) in [5.41, 5.74) is 1.47. The van der Waals surface area contributed by atoms with Gasteiger partial charge in [0.05, 0.1) is 6.61 Å². The molecule has 0 saturated heterocycles. The van der Waals surface area contributed by atoms with Crippen molar-refractivity contribution < 1.29 is 5.11 Å². The number of aliphatic hydroxyl groups excluding tert-OH is 1. The Balaban J connectivity index is 2.30. The van der Waals surface area contributed by atoms with Crippen LogP contribution >= 0.6 is 0 Å². The van der Waals surface area contributed by atoms with Gasteiger partial charge in [0.25, 0.3) is 0 Å². The van der Waals surface area contributed by atoms with Crippen LogP contribution in [0.5, 0.6) is 0 Å². The Bertz CT molecular complexity index is 128. The fourth-order valence-corrected chi connectivity index (χ4v) is 1.79. The second-order valence-corrected chi connectivity index (χ2v) is 3.40. The summed E-state index contributed by atoms with van der Waals surface area (Å²) in [6.45, 7) is 2.50. The minimum Gasteiger partial charge on any atom is -0.392 e. The molecule has 1 N–H and O–H groups in total. The summed E-state index contributed by atoms with van der Waals surface area (Å²) in [7, 11) is 0. The first kappa shape index (κ1) is 8.79. The molecule has 1 heteroatoms. The van der Waals surface area contributed by atoms with Crippen molar-refractivity contribution in [1.82, 2.24) is 0 Å². The molecule has 0 aromatic rings. The highest BCUT2D eigenvalue weighted by Gasteiger charge is 2.13. The average molecular weight is 154 g/mol. The summed E-state index contributed by atoms with van der Waals surface area (Å²) in [6.07, 6.45) is 8.42. The normalized spacial score (nSPS) is 25.3. The molecule has 0 heterocycles. The lowest BCUT2D eigenvalue weighted by Crippen LogP contribution is -2.06. The third-order valence-corrected chi connectivity index (χ3v) is 2.70. The quantitative estimate of drug-likeness (QED) is 0.606. The second-order valence-electron chi connectivity index (χ2n) is 3.40. The van der Waals surface area contributed by atoms with Crippen molar-refractivity contribution in [2.24, 2.45) is 5.92 Å². The maximum absolute atomic E-state index is 8.67. The van der Waals surface area contributed by atoms with E-state index in [0.717, 1.165) is 5.92 Å². The molecule has 1 saturated carbocycles. The Morgan fingerprint density at radius 1 is 1.45 bits per heavy atom. The summed E-state index contributed by atoms with van der Waals surface area (Å²) in [4.78, 5) is 0. The summed E-state index contributed by atoms with van der Waals surface area (Å²) in [6, 6.07) is 0. The van der Waals surface area contributed by atoms with Gasteiger partial charge >= 0.3 is 0 Å². The SMILES string of the molecule is CCC1CCC(=CCO)CC1. The Labute approximate surface area is 69.1 Å². The predicted octanol–water partition coefficient (Wildman–Crippen LogP) is 2.51. The minimum absolute atomic E-state index is 0.228. The number of hydrogen-bond acceptors (Lipinski definition) is 1. The van der Waals surface area contributed by atoms with Crippen LogP contribution in [0.15, 0.2) is 11.6 Å². The zero-order valence-corrected chi connectivity index (χ0v) is 7.34. The van der Waals surface area contributed by atoms with E-state index >= 15 is 0 Å². The average Bonchev–Trinajstić information content (AvgIpc) is 2.07. The maximum Gasteiger partial charge on any atom is 0.0615 e. The molecule has 0 aromatic heterocycles. The van der Waals surface area contributed by atoms with Gasteiger partial charge in [-0.2, -0.15) is 0 Å². The first-order valence-corrected chi connectivity index (χ1v) is 4.65. The fourth-order valence-electron chi connectivity index (χ4n) is 1.79. The zero-order chi connectivity index (χ0) is 8.10. The van der Waals surface area contributed by atoms with E-state index < -0.39 is 0 Å². The molecule has 0 unspecified atom stereocenters. The van der Waals surface area contributed by atoms with E-state index in [2.05, 4.69) is 6.92 Å². The van der Waals surface area contributed by atoms with Crippen LogP contribution in [0.4, 0.5) is 0 Å². The molecule has 0 radical (unpaired) electrons. The van der Waals surface area contributed by atoms with Crippen LogP contribution in [0.1, 0.15) is 39.0 Å². The van der Waals surface area contributed by atoms with Crippen molar-refractivity contribution in [2.75, 3.05) is 6.61 Å². The lowest BCUT2D eigenvalue weighted by molar-refractivity contribution is 0.337. The Kier molecular flexibility index (Phi) is 3.64. The third-order valence-electron chi connectivity index (χ3n) is 2.70. The highest BCUT2D eigenvalue weighted by molar-refractivity contribution is 5.04. The molecule has 11 heavy (non-hydrogen) atoms. The zero-order valence-electron chi connectivity index (χ0n) is 7.34. The van der Waals surface area contributed by atoms with E-state index in [0.29, 0.717) is 0 Å². The van der Waals surface area contributed by atoms with Crippen molar-refractivity contribution in [1.29, 1.82) is 0 Å². The van der Waals surface area contributed by atoms with Gasteiger partial charge in [-0.3, -0.25) is 0 Å². The molecule has 0 aromatic carbocycles. The molecule has 1 rings (SSSR count). The molecule has 1 fully saturated rings. The second kappa shape index (κ2) is 4.55. The lowest BCUT2D eigenvalue weighted by Gasteiger charge is -2.22. The minimum atomic E-state index is 0.228. The molecule has 0 bridgehead atoms. The predicted molar refractivity (Wildman–Crippen MR) is 47.4 cm³/mol. The Morgan fingerprint density at radius 2 is 2.09 bits per heavy atom. The Hall–Kier alpha value is -0.300. The van der Waals surface area contributed by atoms with Gasteiger partial charge < -0.3 is 5.11 Å². The van der Waals surface area contributed by atoms with Gasteiger partial charge in [-0.15, -0.1) is 0 Å². The molecular weight excluding hydrogens is 136 g/mol. The summed E-state index contributed by atoms with van der Waals surface area (Å²) in [5, 5.41) is 8.67. The number of hydrogen-bond donors (Lipinski definition) is 1. The van der Waals surface area contributed by atoms with Gasteiger partial charge in [0.2, 0.25) is 0 Å². The molecule has 0 atom stereocenters. The third kappa shape index (κ3) is 2.66.